The van der Waals surface area contributed by atoms with Crippen LogP contribution in [0.1, 0.15) is 65.7 Å². The molecule has 1 N–H and O–H groups in total. The molecule has 0 radical (unpaired) electrons. The number of carbonyl (C=O) groups is 1. The lowest BCUT2D eigenvalue weighted by Crippen LogP contribution is -2.50. The van der Waals surface area contributed by atoms with Gasteiger partial charge in [0.05, 0.1) is 12.0 Å². The Morgan fingerprint density at radius 2 is 1.62 bits per heavy atom. The molecule has 4 saturated carbocycles. The molecular weight excluding hydrogens is 262 g/mol. The van der Waals surface area contributed by atoms with Crippen molar-refractivity contribution in [3.8, 4) is 0 Å². The lowest BCUT2D eigenvalue weighted by Gasteiger charge is -2.55. The fourth-order valence-corrected chi connectivity index (χ4v) is 5.21. The predicted octanol–water partition coefficient (Wildman–Crippen LogP) is 3.52. The molecule has 0 aromatic rings. The Hall–Kier alpha value is -0.570. The van der Waals surface area contributed by atoms with Crippen LogP contribution in [0.25, 0.3) is 0 Å². The monoisotopic (exact) mass is 293 g/mol. The number of ether oxygens (including phenoxy) is 1. The summed E-state index contributed by atoms with van der Waals surface area (Å²) in [6.07, 6.45) is 8.37. The molecule has 0 amide bonds. The van der Waals surface area contributed by atoms with Crippen LogP contribution < -0.4 is 5.32 Å². The summed E-state index contributed by atoms with van der Waals surface area (Å²) in [6, 6.07) is 0. The molecule has 4 bridgehead atoms. The average Bonchev–Trinajstić information content (AvgIpc) is 2.35. The zero-order valence-electron chi connectivity index (χ0n) is 13.9. The minimum absolute atomic E-state index is 0.0911. The normalized spacial score (nSPS) is 37.8. The van der Waals surface area contributed by atoms with Crippen LogP contribution in [-0.4, -0.2) is 24.7 Å². The van der Waals surface area contributed by atoms with E-state index >= 15 is 0 Å². The van der Waals surface area contributed by atoms with Crippen LogP contribution in [0.3, 0.4) is 0 Å². The molecule has 0 spiro atoms. The minimum Gasteiger partial charge on any atom is -0.465 e. The SMILES string of the molecule is CC(C)(C)NCCCOC(=O)C12CC3CC(CC(C3)C1)C2. The van der Waals surface area contributed by atoms with Crippen molar-refractivity contribution in [1.82, 2.24) is 5.32 Å². The number of hydrogen-bond donors (Lipinski definition) is 1. The summed E-state index contributed by atoms with van der Waals surface area (Å²) in [5.74, 6) is 2.56. The van der Waals surface area contributed by atoms with E-state index in [1.54, 1.807) is 0 Å². The summed E-state index contributed by atoms with van der Waals surface area (Å²) >= 11 is 0. The Morgan fingerprint density at radius 1 is 1.10 bits per heavy atom. The first-order valence-corrected chi connectivity index (χ1v) is 8.79. The summed E-state index contributed by atoms with van der Waals surface area (Å²) < 4.78 is 5.66. The molecule has 3 heteroatoms. The van der Waals surface area contributed by atoms with Crippen molar-refractivity contribution in [2.24, 2.45) is 23.2 Å². The van der Waals surface area contributed by atoms with E-state index in [4.69, 9.17) is 4.74 Å². The largest absolute Gasteiger partial charge is 0.465 e. The van der Waals surface area contributed by atoms with Gasteiger partial charge in [0, 0.05) is 5.54 Å². The van der Waals surface area contributed by atoms with Gasteiger partial charge in [0.25, 0.3) is 0 Å². The van der Waals surface area contributed by atoms with Crippen LogP contribution in [-0.2, 0) is 9.53 Å². The third kappa shape index (κ3) is 3.44. The van der Waals surface area contributed by atoms with Gasteiger partial charge in [-0.15, -0.1) is 0 Å². The molecule has 4 aliphatic rings. The van der Waals surface area contributed by atoms with Gasteiger partial charge in [0.2, 0.25) is 0 Å². The summed E-state index contributed by atoms with van der Waals surface area (Å²) in [7, 11) is 0. The lowest BCUT2D eigenvalue weighted by molar-refractivity contribution is -0.171. The topological polar surface area (TPSA) is 38.3 Å². The molecule has 3 nitrogen and oxygen atoms in total. The van der Waals surface area contributed by atoms with Crippen molar-refractivity contribution in [3.63, 3.8) is 0 Å². The van der Waals surface area contributed by atoms with Crippen LogP contribution in [0.15, 0.2) is 0 Å². The standard InChI is InChI=1S/C18H31NO2/c1-17(2,3)19-5-4-6-21-16(20)18-10-13-7-14(11-18)9-15(8-13)12-18/h13-15,19H,4-12H2,1-3H3. The number of nitrogens with one attached hydrogen (secondary N) is 1. The highest BCUT2D eigenvalue weighted by Crippen LogP contribution is 2.60. The third-order valence-corrected chi connectivity index (χ3v) is 5.68. The second-order valence-electron chi connectivity index (χ2n) is 8.86. The van der Waals surface area contributed by atoms with Crippen LogP contribution >= 0.6 is 0 Å². The summed E-state index contributed by atoms with van der Waals surface area (Å²) in [5.41, 5.74) is 0.0517. The molecule has 4 rings (SSSR count). The summed E-state index contributed by atoms with van der Waals surface area (Å²) in [5, 5.41) is 3.44. The van der Waals surface area contributed by atoms with Gasteiger partial charge in [-0.2, -0.15) is 0 Å². The van der Waals surface area contributed by atoms with E-state index in [9.17, 15) is 4.79 Å². The molecule has 4 aliphatic carbocycles. The first kappa shape index (κ1) is 15.3. The zero-order valence-corrected chi connectivity index (χ0v) is 13.9. The van der Waals surface area contributed by atoms with E-state index in [0.717, 1.165) is 50.0 Å². The fourth-order valence-electron chi connectivity index (χ4n) is 5.21. The molecule has 0 aromatic heterocycles. The molecule has 0 aliphatic heterocycles. The Labute approximate surface area is 129 Å². The molecular formula is C18H31NO2. The van der Waals surface area contributed by atoms with Gasteiger partial charge in [-0.05, 0) is 90.0 Å². The Balaban J connectivity index is 1.45. The fraction of sp³-hybridized carbons (Fsp3) is 0.944. The van der Waals surface area contributed by atoms with Crippen LogP contribution in [0.4, 0.5) is 0 Å². The number of hydrogen-bond acceptors (Lipinski definition) is 3. The van der Waals surface area contributed by atoms with Crippen molar-refractivity contribution in [3.05, 3.63) is 0 Å². The Kier molecular flexibility index (Phi) is 4.06. The van der Waals surface area contributed by atoms with Gasteiger partial charge >= 0.3 is 5.97 Å². The lowest BCUT2D eigenvalue weighted by atomic mass is 9.49. The van der Waals surface area contributed by atoms with Gasteiger partial charge in [-0.3, -0.25) is 4.79 Å². The second-order valence-corrected chi connectivity index (χ2v) is 8.86. The maximum atomic E-state index is 12.6. The second kappa shape index (κ2) is 5.57. The highest BCUT2D eigenvalue weighted by Gasteiger charge is 2.55. The Morgan fingerprint density at radius 3 is 2.10 bits per heavy atom. The van der Waals surface area contributed by atoms with Crippen molar-refractivity contribution >= 4 is 5.97 Å². The van der Waals surface area contributed by atoms with Gasteiger partial charge in [-0.1, -0.05) is 0 Å². The minimum atomic E-state index is -0.0911. The van der Waals surface area contributed by atoms with E-state index in [0.29, 0.717) is 6.61 Å². The van der Waals surface area contributed by atoms with E-state index in [1.807, 2.05) is 0 Å². The van der Waals surface area contributed by atoms with E-state index in [-0.39, 0.29) is 16.9 Å². The average molecular weight is 293 g/mol. The predicted molar refractivity (Wildman–Crippen MR) is 83.9 cm³/mol. The van der Waals surface area contributed by atoms with Crippen LogP contribution in [0.5, 0.6) is 0 Å². The molecule has 0 atom stereocenters. The number of carbonyl (C=O) groups excluding carboxylic acids is 1. The van der Waals surface area contributed by atoms with E-state index < -0.39 is 0 Å². The molecule has 4 fully saturated rings. The van der Waals surface area contributed by atoms with Gasteiger partial charge in [-0.25, -0.2) is 0 Å². The van der Waals surface area contributed by atoms with Crippen molar-refractivity contribution in [2.45, 2.75) is 71.3 Å². The molecule has 120 valence electrons. The maximum Gasteiger partial charge on any atom is 0.312 e. The van der Waals surface area contributed by atoms with Crippen molar-refractivity contribution in [1.29, 1.82) is 0 Å². The summed E-state index contributed by atoms with van der Waals surface area (Å²) in [6.45, 7) is 7.97. The van der Waals surface area contributed by atoms with Crippen molar-refractivity contribution in [2.75, 3.05) is 13.2 Å². The highest BCUT2D eigenvalue weighted by atomic mass is 16.5. The van der Waals surface area contributed by atoms with Crippen LogP contribution in [0.2, 0.25) is 0 Å². The van der Waals surface area contributed by atoms with E-state index in [2.05, 4.69) is 26.1 Å². The number of esters is 1. The number of rotatable bonds is 5. The quantitative estimate of drug-likeness (QED) is 0.622. The first-order valence-electron chi connectivity index (χ1n) is 8.79. The maximum absolute atomic E-state index is 12.6. The molecule has 0 unspecified atom stereocenters. The third-order valence-electron chi connectivity index (χ3n) is 5.68. The van der Waals surface area contributed by atoms with Gasteiger partial charge in [0.15, 0.2) is 0 Å². The van der Waals surface area contributed by atoms with E-state index in [1.165, 1.54) is 19.3 Å². The molecule has 0 heterocycles. The molecule has 0 aromatic carbocycles. The first-order chi connectivity index (χ1) is 9.86. The summed E-state index contributed by atoms with van der Waals surface area (Å²) in [4.78, 5) is 12.6. The highest BCUT2D eigenvalue weighted by molar-refractivity contribution is 5.77. The molecule has 21 heavy (non-hydrogen) atoms. The molecule has 0 saturated heterocycles. The smallest absolute Gasteiger partial charge is 0.312 e. The zero-order chi connectivity index (χ0) is 15.1. The van der Waals surface area contributed by atoms with Gasteiger partial charge in [0.1, 0.15) is 0 Å². The van der Waals surface area contributed by atoms with Crippen molar-refractivity contribution < 1.29 is 9.53 Å². The van der Waals surface area contributed by atoms with Crippen LogP contribution in [0, 0.1) is 23.2 Å². The van der Waals surface area contributed by atoms with Gasteiger partial charge < -0.3 is 10.1 Å². The Bertz CT molecular complexity index is 361.